The Bertz CT molecular complexity index is 917. The second-order valence-electron chi connectivity index (χ2n) is 6.66. The van der Waals surface area contributed by atoms with Crippen molar-refractivity contribution in [2.75, 3.05) is 11.9 Å². The Balaban J connectivity index is 2.01. The first kappa shape index (κ1) is 18.9. The van der Waals surface area contributed by atoms with Crippen LogP contribution in [-0.4, -0.2) is 27.1 Å². The summed E-state index contributed by atoms with van der Waals surface area (Å²) in [6, 6.07) is 10.1. The molecule has 0 saturated carbocycles. The minimum atomic E-state index is -0.225. The Morgan fingerprint density at radius 2 is 1.96 bits per heavy atom. The number of nitrogens with one attached hydrogen (secondary N) is 2. The fourth-order valence-corrected chi connectivity index (χ4v) is 3.13. The minimum absolute atomic E-state index is 0.225. The van der Waals surface area contributed by atoms with Crippen LogP contribution >= 0.6 is 0 Å². The van der Waals surface area contributed by atoms with E-state index in [-0.39, 0.29) is 6.03 Å². The van der Waals surface area contributed by atoms with Gasteiger partial charge in [0.05, 0.1) is 18.4 Å². The fourth-order valence-electron chi connectivity index (χ4n) is 3.13. The lowest BCUT2D eigenvalue weighted by Crippen LogP contribution is -2.28. The van der Waals surface area contributed by atoms with Crippen LogP contribution in [0.1, 0.15) is 43.6 Å². The molecule has 1 aromatic carbocycles. The third-order valence-corrected chi connectivity index (χ3v) is 4.62. The number of amides is 2. The lowest BCUT2D eigenvalue weighted by Gasteiger charge is -2.10. The van der Waals surface area contributed by atoms with Crippen molar-refractivity contribution in [1.82, 2.24) is 19.9 Å². The van der Waals surface area contributed by atoms with Crippen LogP contribution in [0.3, 0.4) is 0 Å². The molecule has 3 rings (SSSR count). The number of carbonyl (C=O) groups is 1. The standard InChI is InChI=1S/C21H27N5O/c1-4-6-12-18-25-19-15(3)17(24-21(27)22-5-2)13-23-20(19)26(18)14-16-10-8-7-9-11-16/h7-11,13H,4-6,12,14H2,1-3H3,(H2,22,24,27). The molecule has 2 N–H and O–H groups in total. The molecule has 0 saturated heterocycles. The lowest BCUT2D eigenvalue weighted by molar-refractivity contribution is 0.252. The predicted octanol–water partition coefficient (Wildman–Crippen LogP) is 4.27. The number of pyridine rings is 1. The molecule has 142 valence electrons. The summed E-state index contributed by atoms with van der Waals surface area (Å²) in [5, 5.41) is 5.61. The fraction of sp³-hybridized carbons (Fsp3) is 0.381. The van der Waals surface area contributed by atoms with E-state index < -0.39 is 0 Å². The van der Waals surface area contributed by atoms with E-state index in [1.54, 1.807) is 6.20 Å². The molecule has 2 aromatic heterocycles. The number of aromatic nitrogens is 3. The molecule has 0 aliphatic carbocycles. The maximum absolute atomic E-state index is 11.9. The SMILES string of the molecule is CCCCc1nc2c(C)c(NC(=O)NCC)cnc2n1Cc1ccccc1. The Labute approximate surface area is 160 Å². The van der Waals surface area contributed by atoms with Gasteiger partial charge in [-0.1, -0.05) is 43.7 Å². The zero-order chi connectivity index (χ0) is 19.2. The van der Waals surface area contributed by atoms with E-state index >= 15 is 0 Å². The third kappa shape index (κ3) is 4.27. The lowest BCUT2D eigenvalue weighted by atomic mass is 10.2. The molecule has 6 nitrogen and oxygen atoms in total. The molecular weight excluding hydrogens is 338 g/mol. The Hall–Kier alpha value is -2.89. The maximum Gasteiger partial charge on any atom is 0.319 e. The Morgan fingerprint density at radius 3 is 2.67 bits per heavy atom. The van der Waals surface area contributed by atoms with Crippen LogP contribution in [0.25, 0.3) is 11.2 Å². The summed E-state index contributed by atoms with van der Waals surface area (Å²) >= 11 is 0. The van der Waals surface area contributed by atoms with Crippen LogP contribution in [0, 0.1) is 6.92 Å². The highest BCUT2D eigenvalue weighted by atomic mass is 16.2. The molecule has 6 heteroatoms. The van der Waals surface area contributed by atoms with Crippen LogP contribution in [-0.2, 0) is 13.0 Å². The van der Waals surface area contributed by atoms with Crippen LogP contribution in [0.5, 0.6) is 0 Å². The highest BCUT2D eigenvalue weighted by Crippen LogP contribution is 2.25. The summed E-state index contributed by atoms with van der Waals surface area (Å²) in [6.07, 6.45) is 4.84. The van der Waals surface area contributed by atoms with Crippen molar-refractivity contribution in [3.8, 4) is 0 Å². The number of benzene rings is 1. The van der Waals surface area contributed by atoms with Crippen LogP contribution in [0.15, 0.2) is 36.5 Å². The van der Waals surface area contributed by atoms with Gasteiger partial charge in [-0.15, -0.1) is 0 Å². The number of hydrogen-bond donors (Lipinski definition) is 2. The highest BCUT2D eigenvalue weighted by Gasteiger charge is 2.16. The molecule has 0 aliphatic rings. The molecule has 0 fully saturated rings. The molecule has 2 heterocycles. The Morgan fingerprint density at radius 1 is 1.19 bits per heavy atom. The van der Waals surface area contributed by atoms with Gasteiger partial charge < -0.3 is 15.2 Å². The van der Waals surface area contributed by atoms with Crippen LogP contribution < -0.4 is 10.6 Å². The van der Waals surface area contributed by atoms with Crippen molar-refractivity contribution in [2.24, 2.45) is 0 Å². The largest absolute Gasteiger partial charge is 0.338 e. The summed E-state index contributed by atoms with van der Waals surface area (Å²) in [4.78, 5) is 21.4. The molecule has 0 aliphatic heterocycles. The number of unbranched alkanes of at least 4 members (excludes halogenated alkanes) is 1. The minimum Gasteiger partial charge on any atom is -0.338 e. The van der Waals surface area contributed by atoms with Crippen molar-refractivity contribution < 1.29 is 4.79 Å². The molecule has 0 bridgehead atoms. The summed E-state index contributed by atoms with van der Waals surface area (Å²) in [6.45, 7) is 7.37. The molecule has 2 amide bonds. The van der Waals surface area contributed by atoms with Gasteiger partial charge >= 0.3 is 6.03 Å². The van der Waals surface area contributed by atoms with Gasteiger partial charge in [0.25, 0.3) is 0 Å². The number of fused-ring (bicyclic) bond motifs is 1. The number of carbonyl (C=O) groups excluding carboxylic acids is 1. The van der Waals surface area contributed by atoms with E-state index in [4.69, 9.17) is 4.98 Å². The van der Waals surface area contributed by atoms with Crippen LogP contribution in [0.4, 0.5) is 10.5 Å². The molecule has 0 atom stereocenters. The second-order valence-corrected chi connectivity index (χ2v) is 6.66. The van der Waals surface area contributed by atoms with Crippen molar-refractivity contribution in [3.63, 3.8) is 0 Å². The van der Waals surface area contributed by atoms with E-state index in [1.165, 1.54) is 5.56 Å². The summed E-state index contributed by atoms with van der Waals surface area (Å²) in [7, 11) is 0. The van der Waals surface area contributed by atoms with Gasteiger partial charge in [0.2, 0.25) is 0 Å². The van der Waals surface area contributed by atoms with Crippen molar-refractivity contribution in [2.45, 2.75) is 46.6 Å². The molecular formula is C21H27N5O. The topological polar surface area (TPSA) is 71.8 Å². The number of rotatable bonds is 7. The Kier molecular flexibility index (Phi) is 6.06. The van der Waals surface area contributed by atoms with Crippen molar-refractivity contribution in [3.05, 3.63) is 53.5 Å². The van der Waals surface area contributed by atoms with Gasteiger partial charge in [0, 0.05) is 18.5 Å². The van der Waals surface area contributed by atoms with E-state index in [9.17, 15) is 4.79 Å². The van der Waals surface area contributed by atoms with Gasteiger partial charge in [-0.2, -0.15) is 0 Å². The summed E-state index contributed by atoms with van der Waals surface area (Å²) < 4.78 is 2.20. The van der Waals surface area contributed by atoms with Crippen molar-refractivity contribution in [1.29, 1.82) is 0 Å². The monoisotopic (exact) mass is 365 g/mol. The average Bonchev–Trinajstić information content (AvgIpc) is 3.01. The quantitative estimate of drug-likeness (QED) is 0.657. The average molecular weight is 365 g/mol. The van der Waals surface area contributed by atoms with Gasteiger partial charge in [-0.25, -0.2) is 14.8 Å². The first-order valence-electron chi connectivity index (χ1n) is 9.57. The maximum atomic E-state index is 11.9. The number of urea groups is 1. The normalized spacial score (nSPS) is 10.9. The second kappa shape index (κ2) is 8.66. The van der Waals surface area contributed by atoms with E-state index in [1.807, 2.05) is 32.0 Å². The number of aryl methyl sites for hydroxylation is 2. The van der Waals surface area contributed by atoms with Gasteiger partial charge in [-0.05, 0) is 25.8 Å². The zero-order valence-corrected chi connectivity index (χ0v) is 16.2. The molecule has 0 spiro atoms. The zero-order valence-electron chi connectivity index (χ0n) is 16.2. The molecule has 0 radical (unpaired) electrons. The number of hydrogen-bond acceptors (Lipinski definition) is 3. The van der Waals surface area contributed by atoms with Crippen molar-refractivity contribution >= 4 is 22.9 Å². The smallest absolute Gasteiger partial charge is 0.319 e. The number of nitrogens with zero attached hydrogens (tertiary/aromatic N) is 3. The summed E-state index contributed by atoms with van der Waals surface area (Å²) in [5.74, 6) is 1.04. The number of imidazole rings is 1. The number of anilines is 1. The first-order chi connectivity index (χ1) is 13.1. The molecule has 27 heavy (non-hydrogen) atoms. The van der Waals surface area contributed by atoms with E-state index in [2.05, 4.69) is 39.2 Å². The summed E-state index contributed by atoms with van der Waals surface area (Å²) in [5.41, 5.74) is 4.57. The van der Waals surface area contributed by atoms with Gasteiger partial charge in [0.1, 0.15) is 11.3 Å². The van der Waals surface area contributed by atoms with Gasteiger partial charge in [0.15, 0.2) is 5.65 Å². The van der Waals surface area contributed by atoms with E-state index in [0.717, 1.165) is 48.4 Å². The predicted molar refractivity (Wildman–Crippen MR) is 109 cm³/mol. The van der Waals surface area contributed by atoms with Crippen LogP contribution in [0.2, 0.25) is 0 Å². The highest BCUT2D eigenvalue weighted by molar-refractivity contribution is 5.93. The molecule has 0 unspecified atom stereocenters. The third-order valence-electron chi connectivity index (χ3n) is 4.62. The molecule has 3 aromatic rings. The van der Waals surface area contributed by atoms with Gasteiger partial charge in [-0.3, -0.25) is 0 Å². The van der Waals surface area contributed by atoms with E-state index in [0.29, 0.717) is 12.2 Å². The first-order valence-corrected chi connectivity index (χ1v) is 9.57.